The molecule has 5 heteroatoms. The first kappa shape index (κ1) is 12.7. The van der Waals surface area contributed by atoms with Crippen LogP contribution in [0.25, 0.3) is 11.3 Å². The average Bonchev–Trinajstić information content (AvgIpc) is 2.89. The first-order chi connectivity index (χ1) is 9.31. The molecule has 1 aliphatic heterocycles. The van der Waals surface area contributed by atoms with Gasteiger partial charge in [0.05, 0.1) is 26.0 Å². The molecule has 1 aliphatic rings. The van der Waals surface area contributed by atoms with Crippen LogP contribution in [0.2, 0.25) is 5.02 Å². The van der Waals surface area contributed by atoms with Crippen LogP contribution in [0.1, 0.15) is 5.89 Å². The summed E-state index contributed by atoms with van der Waals surface area (Å²) in [5.74, 6) is 1.52. The summed E-state index contributed by atoms with van der Waals surface area (Å²) < 4.78 is 11.1. The van der Waals surface area contributed by atoms with Gasteiger partial charge >= 0.3 is 0 Å². The first-order valence-corrected chi connectivity index (χ1v) is 6.70. The van der Waals surface area contributed by atoms with Crippen molar-refractivity contribution in [2.75, 3.05) is 26.3 Å². The Labute approximate surface area is 116 Å². The highest BCUT2D eigenvalue weighted by atomic mass is 35.5. The van der Waals surface area contributed by atoms with Crippen molar-refractivity contribution in [1.29, 1.82) is 0 Å². The van der Waals surface area contributed by atoms with Crippen LogP contribution in [0, 0.1) is 0 Å². The standard InChI is InChI=1S/C14H15ClN2O2/c15-12-3-1-11(2-4-12)13-9-16-14(19-13)10-17-5-7-18-8-6-17/h1-4,9H,5-8,10H2. The second-order valence-electron chi connectivity index (χ2n) is 4.51. The number of rotatable bonds is 3. The van der Waals surface area contributed by atoms with Crippen molar-refractivity contribution in [3.63, 3.8) is 0 Å². The second-order valence-corrected chi connectivity index (χ2v) is 4.95. The van der Waals surface area contributed by atoms with Gasteiger partial charge in [0.25, 0.3) is 0 Å². The van der Waals surface area contributed by atoms with E-state index in [-0.39, 0.29) is 0 Å². The Morgan fingerprint density at radius 1 is 1.16 bits per heavy atom. The van der Waals surface area contributed by atoms with E-state index in [0.29, 0.717) is 0 Å². The molecule has 1 saturated heterocycles. The first-order valence-electron chi connectivity index (χ1n) is 6.32. The van der Waals surface area contributed by atoms with Gasteiger partial charge < -0.3 is 9.15 Å². The summed E-state index contributed by atoms with van der Waals surface area (Å²) in [5.41, 5.74) is 0.991. The van der Waals surface area contributed by atoms with E-state index in [1.165, 1.54) is 0 Å². The summed E-state index contributed by atoms with van der Waals surface area (Å²) in [4.78, 5) is 6.61. The molecule has 0 spiro atoms. The highest BCUT2D eigenvalue weighted by Gasteiger charge is 2.14. The maximum absolute atomic E-state index is 5.87. The van der Waals surface area contributed by atoms with Gasteiger partial charge in [0, 0.05) is 23.7 Å². The van der Waals surface area contributed by atoms with Crippen molar-refractivity contribution in [3.8, 4) is 11.3 Å². The average molecular weight is 279 g/mol. The fourth-order valence-corrected chi connectivity index (χ4v) is 2.21. The number of benzene rings is 1. The predicted molar refractivity (Wildman–Crippen MR) is 73.0 cm³/mol. The quantitative estimate of drug-likeness (QED) is 0.865. The predicted octanol–water partition coefficient (Wildman–Crippen LogP) is 2.83. The molecule has 100 valence electrons. The maximum atomic E-state index is 5.87. The van der Waals surface area contributed by atoms with E-state index in [4.69, 9.17) is 20.8 Å². The van der Waals surface area contributed by atoms with Crippen LogP contribution in [0.4, 0.5) is 0 Å². The number of nitrogens with zero attached hydrogens (tertiary/aromatic N) is 2. The lowest BCUT2D eigenvalue weighted by Crippen LogP contribution is -2.35. The molecule has 2 heterocycles. The lowest BCUT2D eigenvalue weighted by molar-refractivity contribution is 0.0306. The van der Waals surface area contributed by atoms with Crippen LogP contribution in [-0.4, -0.2) is 36.2 Å². The van der Waals surface area contributed by atoms with E-state index in [0.717, 1.165) is 55.1 Å². The molecule has 0 aliphatic carbocycles. The van der Waals surface area contributed by atoms with Crippen molar-refractivity contribution < 1.29 is 9.15 Å². The van der Waals surface area contributed by atoms with Gasteiger partial charge in [-0.1, -0.05) is 11.6 Å². The Balaban J connectivity index is 1.70. The Hall–Kier alpha value is -1.36. The third-order valence-corrected chi connectivity index (χ3v) is 3.40. The Bertz CT molecular complexity index is 533. The fraction of sp³-hybridized carbons (Fsp3) is 0.357. The van der Waals surface area contributed by atoms with E-state index in [9.17, 15) is 0 Å². The molecule has 0 bridgehead atoms. The van der Waals surface area contributed by atoms with Gasteiger partial charge in [-0.2, -0.15) is 0 Å². The SMILES string of the molecule is Clc1ccc(-c2cnc(CN3CCOCC3)o2)cc1. The summed E-state index contributed by atoms with van der Waals surface area (Å²) in [7, 11) is 0. The van der Waals surface area contributed by atoms with Crippen molar-refractivity contribution in [1.82, 2.24) is 9.88 Å². The van der Waals surface area contributed by atoms with Crippen molar-refractivity contribution in [2.24, 2.45) is 0 Å². The van der Waals surface area contributed by atoms with Gasteiger partial charge in [-0.05, 0) is 24.3 Å². The van der Waals surface area contributed by atoms with Crippen LogP contribution in [0.3, 0.4) is 0 Å². The molecule has 1 fully saturated rings. The third-order valence-electron chi connectivity index (χ3n) is 3.14. The van der Waals surface area contributed by atoms with Gasteiger partial charge in [-0.15, -0.1) is 0 Å². The Kier molecular flexibility index (Phi) is 3.82. The van der Waals surface area contributed by atoms with Crippen LogP contribution in [0.5, 0.6) is 0 Å². The molecule has 0 saturated carbocycles. The zero-order valence-electron chi connectivity index (χ0n) is 10.5. The van der Waals surface area contributed by atoms with Crippen LogP contribution < -0.4 is 0 Å². The van der Waals surface area contributed by atoms with Crippen LogP contribution >= 0.6 is 11.6 Å². The number of hydrogen-bond donors (Lipinski definition) is 0. The van der Waals surface area contributed by atoms with Gasteiger partial charge in [-0.25, -0.2) is 4.98 Å². The number of aromatic nitrogens is 1. The molecule has 0 unspecified atom stereocenters. The smallest absolute Gasteiger partial charge is 0.209 e. The molecular weight excluding hydrogens is 264 g/mol. The zero-order valence-corrected chi connectivity index (χ0v) is 11.3. The van der Waals surface area contributed by atoms with Gasteiger partial charge in [-0.3, -0.25) is 4.90 Å². The summed E-state index contributed by atoms with van der Waals surface area (Å²) >= 11 is 5.87. The number of ether oxygens (including phenoxy) is 1. The lowest BCUT2D eigenvalue weighted by atomic mass is 10.2. The number of hydrogen-bond acceptors (Lipinski definition) is 4. The number of oxazole rings is 1. The Morgan fingerprint density at radius 2 is 1.89 bits per heavy atom. The zero-order chi connectivity index (χ0) is 13.1. The van der Waals surface area contributed by atoms with Crippen molar-refractivity contribution in [3.05, 3.63) is 41.4 Å². The largest absolute Gasteiger partial charge is 0.439 e. The van der Waals surface area contributed by atoms with E-state index in [1.54, 1.807) is 6.20 Å². The highest BCUT2D eigenvalue weighted by Crippen LogP contribution is 2.22. The fourth-order valence-electron chi connectivity index (χ4n) is 2.08. The topological polar surface area (TPSA) is 38.5 Å². The molecule has 19 heavy (non-hydrogen) atoms. The molecule has 1 aromatic carbocycles. The summed E-state index contributed by atoms with van der Waals surface area (Å²) in [6, 6.07) is 7.56. The lowest BCUT2D eigenvalue weighted by Gasteiger charge is -2.24. The van der Waals surface area contributed by atoms with E-state index < -0.39 is 0 Å². The maximum Gasteiger partial charge on any atom is 0.209 e. The number of halogens is 1. The summed E-state index contributed by atoms with van der Waals surface area (Å²) in [6.07, 6.45) is 1.76. The second kappa shape index (κ2) is 5.74. The van der Waals surface area contributed by atoms with Crippen molar-refractivity contribution in [2.45, 2.75) is 6.54 Å². The highest BCUT2D eigenvalue weighted by molar-refractivity contribution is 6.30. The minimum Gasteiger partial charge on any atom is -0.439 e. The third kappa shape index (κ3) is 3.15. The molecule has 1 aromatic heterocycles. The minimum atomic E-state index is 0.719. The van der Waals surface area contributed by atoms with Crippen LogP contribution in [-0.2, 0) is 11.3 Å². The Morgan fingerprint density at radius 3 is 2.63 bits per heavy atom. The van der Waals surface area contributed by atoms with Crippen LogP contribution in [0.15, 0.2) is 34.9 Å². The van der Waals surface area contributed by atoms with Gasteiger partial charge in [0.2, 0.25) is 5.89 Å². The summed E-state index contributed by atoms with van der Waals surface area (Å²) in [5, 5.41) is 0.719. The van der Waals surface area contributed by atoms with Crippen molar-refractivity contribution >= 4 is 11.6 Å². The minimum absolute atomic E-state index is 0.719. The van der Waals surface area contributed by atoms with Gasteiger partial charge in [0.15, 0.2) is 5.76 Å². The molecule has 0 atom stereocenters. The molecule has 4 nitrogen and oxygen atoms in total. The molecule has 0 amide bonds. The molecule has 2 aromatic rings. The van der Waals surface area contributed by atoms with E-state index in [2.05, 4.69) is 9.88 Å². The molecule has 3 rings (SSSR count). The number of morpholine rings is 1. The summed E-state index contributed by atoms with van der Waals surface area (Å²) in [6.45, 7) is 4.16. The van der Waals surface area contributed by atoms with Gasteiger partial charge in [0.1, 0.15) is 0 Å². The van der Waals surface area contributed by atoms with E-state index in [1.807, 2.05) is 24.3 Å². The molecule has 0 N–H and O–H groups in total. The monoisotopic (exact) mass is 278 g/mol. The van der Waals surface area contributed by atoms with E-state index >= 15 is 0 Å². The normalized spacial score (nSPS) is 16.7. The molecular formula is C14H15ClN2O2. The molecule has 0 radical (unpaired) electrons.